The van der Waals surface area contributed by atoms with E-state index >= 15 is 0 Å². The van der Waals surface area contributed by atoms with Crippen molar-refractivity contribution in [3.05, 3.63) is 36.4 Å². The van der Waals surface area contributed by atoms with Crippen LogP contribution in [0.15, 0.2) is 40.8 Å². The smallest absolute Gasteiger partial charge is 0.228 e. The van der Waals surface area contributed by atoms with E-state index in [1.807, 2.05) is 36.4 Å². The molecule has 5 rings (SSSR count). The summed E-state index contributed by atoms with van der Waals surface area (Å²) in [5, 5.41) is 8.51. The van der Waals surface area contributed by atoms with Crippen LogP contribution >= 0.6 is 12.4 Å². The van der Waals surface area contributed by atoms with E-state index in [1.165, 1.54) is 0 Å². The molecule has 3 aromatic rings. The van der Waals surface area contributed by atoms with Crippen molar-refractivity contribution in [2.75, 3.05) is 25.5 Å². The predicted octanol–water partition coefficient (Wildman–Crippen LogP) is 4.34. The van der Waals surface area contributed by atoms with Crippen molar-refractivity contribution in [3.63, 3.8) is 0 Å². The summed E-state index contributed by atoms with van der Waals surface area (Å²) in [6, 6.07) is 11.8. The van der Waals surface area contributed by atoms with E-state index in [2.05, 4.69) is 10.6 Å². The van der Waals surface area contributed by atoms with E-state index in [0.717, 1.165) is 54.3 Å². The summed E-state index contributed by atoms with van der Waals surface area (Å²) in [7, 11) is 1.63. The number of methoxy groups -OCH3 is 1. The zero-order valence-electron chi connectivity index (χ0n) is 15.2. The summed E-state index contributed by atoms with van der Waals surface area (Å²) in [6.45, 7) is 2.02. The molecule has 1 saturated carbocycles. The monoisotopic (exact) mass is 386 g/mol. The molecular formula is C21H23ClN2O3. The van der Waals surface area contributed by atoms with Gasteiger partial charge in [-0.15, -0.1) is 12.4 Å². The average Bonchev–Trinajstić information content (AvgIpc) is 3.23. The third-order valence-corrected chi connectivity index (χ3v) is 6.06. The van der Waals surface area contributed by atoms with Crippen LogP contribution in [0.25, 0.3) is 21.9 Å². The maximum Gasteiger partial charge on any atom is 0.228 e. The molecule has 1 atom stereocenters. The molecule has 6 heteroatoms. The minimum Gasteiger partial charge on any atom is -0.495 e. The minimum absolute atomic E-state index is 0. The molecule has 0 bridgehead atoms. The lowest BCUT2D eigenvalue weighted by Crippen LogP contribution is -2.31. The number of rotatable bonds is 3. The van der Waals surface area contributed by atoms with Gasteiger partial charge in [0.05, 0.1) is 12.8 Å². The quantitative estimate of drug-likeness (QED) is 0.702. The molecule has 1 aliphatic carbocycles. The largest absolute Gasteiger partial charge is 0.495 e. The van der Waals surface area contributed by atoms with Gasteiger partial charge >= 0.3 is 0 Å². The molecule has 1 aliphatic heterocycles. The number of nitrogens with one attached hydrogen (secondary N) is 2. The molecule has 1 spiro atoms. The highest BCUT2D eigenvalue weighted by Crippen LogP contribution is 2.59. The van der Waals surface area contributed by atoms with Crippen molar-refractivity contribution in [1.82, 2.24) is 5.32 Å². The molecular weight excluding hydrogens is 364 g/mol. The first-order valence-corrected chi connectivity index (χ1v) is 9.21. The number of hydrogen-bond donors (Lipinski definition) is 2. The van der Waals surface area contributed by atoms with Gasteiger partial charge in [-0.3, -0.25) is 4.79 Å². The number of carbonyl (C=O) groups is 1. The van der Waals surface area contributed by atoms with Gasteiger partial charge in [0.15, 0.2) is 0 Å². The average molecular weight is 387 g/mol. The van der Waals surface area contributed by atoms with Crippen LogP contribution in [0.5, 0.6) is 5.75 Å². The van der Waals surface area contributed by atoms with Gasteiger partial charge in [0.2, 0.25) is 5.91 Å². The zero-order valence-corrected chi connectivity index (χ0v) is 16.0. The van der Waals surface area contributed by atoms with Crippen molar-refractivity contribution in [3.8, 4) is 5.75 Å². The van der Waals surface area contributed by atoms with Crippen LogP contribution in [0.4, 0.5) is 5.69 Å². The lowest BCUT2D eigenvalue weighted by atomic mass is 9.92. The number of para-hydroxylation sites is 1. The maximum absolute atomic E-state index is 12.8. The van der Waals surface area contributed by atoms with Crippen LogP contribution in [-0.2, 0) is 4.79 Å². The van der Waals surface area contributed by atoms with Gasteiger partial charge in [-0.05, 0) is 49.9 Å². The van der Waals surface area contributed by atoms with E-state index in [1.54, 1.807) is 7.11 Å². The molecule has 1 amide bonds. The molecule has 2 N–H and O–H groups in total. The first kappa shape index (κ1) is 18.1. The van der Waals surface area contributed by atoms with Crippen molar-refractivity contribution in [2.24, 2.45) is 11.3 Å². The standard InChI is InChI=1S/C21H22N2O3.ClH/c1-25-19-10-14-13-4-2-3-5-17(13)26-18(14)11-16(19)23-20(24)15-12-21(15)6-8-22-9-7-21;/h2-5,10-11,15,22H,6-9,12H2,1H3,(H,23,24);1H. The highest BCUT2D eigenvalue weighted by atomic mass is 35.5. The number of amides is 1. The number of carbonyl (C=O) groups excluding carboxylic acids is 1. The summed E-state index contributed by atoms with van der Waals surface area (Å²) in [4.78, 5) is 12.8. The summed E-state index contributed by atoms with van der Waals surface area (Å²) in [5.41, 5.74) is 2.49. The van der Waals surface area contributed by atoms with Gasteiger partial charge in [0, 0.05) is 22.8 Å². The van der Waals surface area contributed by atoms with Crippen LogP contribution < -0.4 is 15.4 Å². The Bertz CT molecular complexity index is 1010. The number of anilines is 1. The Morgan fingerprint density at radius 1 is 1.19 bits per heavy atom. The van der Waals surface area contributed by atoms with Gasteiger partial charge in [0.25, 0.3) is 0 Å². The molecule has 27 heavy (non-hydrogen) atoms. The predicted molar refractivity (Wildman–Crippen MR) is 109 cm³/mol. The zero-order chi connectivity index (χ0) is 17.7. The minimum atomic E-state index is 0. The number of furan rings is 1. The highest BCUT2D eigenvalue weighted by Gasteiger charge is 2.57. The fourth-order valence-corrected chi connectivity index (χ4v) is 4.43. The van der Waals surface area contributed by atoms with Crippen LogP contribution in [-0.4, -0.2) is 26.1 Å². The van der Waals surface area contributed by atoms with Crippen molar-refractivity contribution >= 4 is 45.9 Å². The molecule has 142 valence electrons. The molecule has 2 heterocycles. The van der Waals surface area contributed by atoms with Crippen LogP contribution in [0.3, 0.4) is 0 Å². The topological polar surface area (TPSA) is 63.5 Å². The number of ether oxygens (including phenoxy) is 1. The Labute approximate surface area is 163 Å². The third-order valence-electron chi connectivity index (χ3n) is 6.06. The van der Waals surface area contributed by atoms with Crippen LogP contribution in [0.2, 0.25) is 0 Å². The van der Waals surface area contributed by atoms with E-state index in [0.29, 0.717) is 11.4 Å². The lowest BCUT2D eigenvalue weighted by Gasteiger charge is -2.23. The second-order valence-corrected chi connectivity index (χ2v) is 7.51. The Kier molecular flexibility index (Phi) is 4.52. The molecule has 1 aromatic heterocycles. The third kappa shape index (κ3) is 2.95. The van der Waals surface area contributed by atoms with Crippen molar-refractivity contribution < 1.29 is 13.9 Å². The number of hydrogen-bond acceptors (Lipinski definition) is 4. The van der Waals surface area contributed by atoms with Gasteiger partial charge in [-0.25, -0.2) is 0 Å². The molecule has 1 unspecified atom stereocenters. The fraction of sp³-hybridized carbons (Fsp3) is 0.381. The summed E-state index contributed by atoms with van der Waals surface area (Å²) >= 11 is 0. The number of piperidine rings is 1. The van der Waals surface area contributed by atoms with Gasteiger partial charge in [-0.2, -0.15) is 0 Å². The van der Waals surface area contributed by atoms with Crippen molar-refractivity contribution in [2.45, 2.75) is 19.3 Å². The Morgan fingerprint density at radius 2 is 1.96 bits per heavy atom. The second kappa shape index (κ2) is 6.73. The maximum atomic E-state index is 12.8. The van der Waals surface area contributed by atoms with Gasteiger partial charge in [-0.1, -0.05) is 18.2 Å². The molecule has 1 saturated heterocycles. The highest BCUT2D eigenvalue weighted by molar-refractivity contribution is 6.08. The van der Waals surface area contributed by atoms with E-state index < -0.39 is 0 Å². The molecule has 2 fully saturated rings. The Morgan fingerprint density at radius 3 is 2.74 bits per heavy atom. The van der Waals surface area contributed by atoms with Gasteiger partial charge < -0.3 is 19.8 Å². The second-order valence-electron chi connectivity index (χ2n) is 7.51. The Hall–Kier alpha value is -2.24. The SMILES string of the molecule is COc1cc2c(cc1NC(=O)C1CC13CCNCC3)oc1ccccc12.Cl. The van der Waals surface area contributed by atoms with Crippen LogP contribution in [0, 0.1) is 11.3 Å². The molecule has 0 radical (unpaired) electrons. The van der Waals surface area contributed by atoms with Crippen molar-refractivity contribution in [1.29, 1.82) is 0 Å². The first-order chi connectivity index (χ1) is 12.7. The number of fused-ring (bicyclic) bond motifs is 3. The number of benzene rings is 2. The van der Waals surface area contributed by atoms with E-state index in [9.17, 15) is 4.79 Å². The lowest BCUT2D eigenvalue weighted by molar-refractivity contribution is -0.118. The normalized spacial score (nSPS) is 20.4. The summed E-state index contributed by atoms with van der Waals surface area (Å²) < 4.78 is 11.5. The fourth-order valence-electron chi connectivity index (χ4n) is 4.43. The molecule has 2 aliphatic rings. The molecule has 2 aromatic carbocycles. The van der Waals surface area contributed by atoms with Crippen LogP contribution in [0.1, 0.15) is 19.3 Å². The van der Waals surface area contributed by atoms with Gasteiger partial charge in [0.1, 0.15) is 16.9 Å². The summed E-state index contributed by atoms with van der Waals surface area (Å²) in [5.74, 6) is 0.874. The first-order valence-electron chi connectivity index (χ1n) is 9.21. The molecule has 5 nitrogen and oxygen atoms in total. The van der Waals surface area contributed by atoms with E-state index in [-0.39, 0.29) is 29.6 Å². The summed E-state index contributed by atoms with van der Waals surface area (Å²) in [6.07, 6.45) is 3.17. The number of halogens is 1. The Balaban J connectivity index is 0.00000180. The van der Waals surface area contributed by atoms with E-state index in [4.69, 9.17) is 9.15 Å².